The zero-order chi connectivity index (χ0) is 23.3. The molecule has 0 spiro atoms. The maximum Gasteiger partial charge on any atom is 0.326 e. The third kappa shape index (κ3) is 11.3. The molecule has 0 heterocycles. The van der Waals surface area contributed by atoms with Gasteiger partial charge in [-0.2, -0.15) is 23.5 Å². The van der Waals surface area contributed by atoms with Gasteiger partial charge >= 0.3 is 11.9 Å². The number of carbonyl (C=O) groups is 5. The molecule has 0 bridgehead atoms. The summed E-state index contributed by atoms with van der Waals surface area (Å²) < 4.78 is 0. The van der Waals surface area contributed by atoms with Gasteiger partial charge in [0.1, 0.15) is 18.1 Å². The predicted molar refractivity (Wildman–Crippen MR) is 115 cm³/mol. The first-order valence-electron chi connectivity index (χ1n) is 9.12. The van der Waals surface area contributed by atoms with Gasteiger partial charge in [-0.3, -0.25) is 19.2 Å². The Labute approximate surface area is 183 Å². The summed E-state index contributed by atoms with van der Waals surface area (Å²) in [6.45, 7) is 1.32. The second-order valence-corrected chi connectivity index (χ2v) is 8.43. The van der Waals surface area contributed by atoms with Crippen molar-refractivity contribution in [3.05, 3.63) is 0 Å². The third-order valence-corrected chi connectivity index (χ3v) is 5.25. The largest absolute Gasteiger partial charge is 0.481 e. The van der Waals surface area contributed by atoms with Gasteiger partial charge in [0.05, 0.1) is 12.5 Å². The van der Waals surface area contributed by atoms with Crippen molar-refractivity contribution >= 4 is 53.2 Å². The smallest absolute Gasteiger partial charge is 0.326 e. The molecule has 7 N–H and O–H groups in total. The Morgan fingerprint density at radius 1 is 0.833 bits per heavy atom. The van der Waals surface area contributed by atoms with Crippen LogP contribution in [0.3, 0.4) is 0 Å². The second kappa shape index (κ2) is 14.9. The Morgan fingerprint density at radius 3 is 1.87 bits per heavy atom. The first-order valence-corrected chi connectivity index (χ1v) is 11.9. The number of thioether (sulfide) groups is 2. The molecule has 4 atom stereocenters. The molecule has 30 heavy (non-hydrogen) atoms. The van der Waals surface area contributed by atoms with Gasteiger partial charge in [0.15, 0.2) is 0 Å². The molecule has 11 nitrogen and oxygen atoms in total. The lowest BCUT2D eigenvalue weighted by Gasteiger charge is -2.23. The minimum atomic E-state index is -1.63. The van der Waals surface area contributed by atoms with Crippen LogP contribution in [-0.2, 0) is 24.0 Å². The topological polar surface area (TPSA) is 188 Å². The maximum atomic E-state index is 12.6. The Hall–Kier alpha value is -1.99. The lowest BCUT2D eigenvalue weighted by Crippen LogP contribution is -2.56. The normalized spacial score (nSPS) is 14.7. The van der Waals surface area contributed by atoms with E-state index in [4.69, 9.17) is 15.9 Å². The van der Waals surface area contributed by atoms with Crippen LogP contribution in [0.4, 0.5) is 0 Å². The van der Waals surface area contributed by atoms with Crippen molar-refractivity contribution in [2.24, 2.45) is 5.73 Å². The number of carbonyl (C=O) groups excluding carboxylic acids is 3. The summed E-state index contributed by atoms with van der Waals surface area (Å²) in [5.41, 5.74) is 5.82. The minimum absolute atomic E-state index is 0.305. The second-order valence-electron chi connectivity index (χ2n) is 6.46. The summed E-state index contributed by atoms with van der Waals surface area (Å²) in [5, 5.41) is 24.8. The highest BCUT2D eigenvalue weighted by Crippen LogP contribution is 2.04. The van der Waals surface area contributed by atoms with E-state index in [1.54, 1.807) is 11.8 Å². The van der Waals surface area contributed by atoms with E-state index in [-0.39, 0.29) is 0 Å². The molecule has 0 saturated carbocycles. The fraction of sp³-hybridized carbons (Fsp3) is 0.706. The molecule has 0 fully saturated rings. The summed E-state index contributed by atoms with van der Waals surface area (Å²) in [7, 11) is 0. The van der Waals surface area contributed by atoms with Crippen LogP contribution in [0.1, 0.15) is 26.2 Å². The molecule has 0 radical (unpaired) electrons. The van der Waals surface area contributed by atoms with Gasteiger partial charge in [-0.15, -0.1) is 0 Å². The zero-order valence-corrected chi connectivity index (χ0v) is 18.8. The first-order chi connectivity index (χ1) is 14.0. The van der Waals surface area contributed by atoms with Crippen LogP contribution in [0.2, 0.25) is 0 Å². The van der Waals surface area contributed by atoms with Crippen molar-refractivity contribution < 1.29 is 34.2 Å². The van der Waals surface area contributed by atoms with Gasteiger partial charge in [-0.1, -0.05) is 0 Å². The van der Waals surface area contributed by atoms with Crippen molar-refractivity contribution in [2.45, 2.75) is 50.4 Å². The molecular weight excluding hydrogens is 436 g/mol. The first kappa shape index (κ1) is 28.0. The fourth-order valence-corrected chi connectivity index (χ4v) is 3.17. The van der Waals surface area contributed by atoms with Crippen molar-refractivity contribution in [3.63, 3.8) is 0 Å². The Bertz CT molecular complexity index is 621. The van der Waals surface area contributed by atoms with Gasteiger partial charge in [0.25, 0.3) is 0 Å². The molecule has 0 aromatic heterocycles. The molecule has 0 unspecified atom stereocenters. The average molecular weight is 467 g/mol. The van der Waals surface area contributed by atoms with E-state index in [1.807, 2.05) is 12.5 Å². The van der Waals surface area contributed by atoms with Gasteiger partial charge < -0.3 is 31.9 Å². The number of nitrogens with two attached hydrogens (primary N) is 1. The number of nitrogens with one attached hydrogen (secondary N) is 3. The summed E-state index contributed by atoms with van der Waals surface area (Å²) in [6, 6.07) is -4.47. The van der Waals surface area contributed by atoms with Crippen molar-refractivity contribution in [1.82, 2.24) is 16.0 Å². The Balaban J connectivity index is 4.98. The van der Waals surface area contributed by atoms with Gasteiger partial charge in [-0.25, -0.2) is 4.79 Å². The van der Waals surface area contributed by atoms with Gasteiger partial charge in [-0.05, 0) is 43.8 Å². The molecule has 0 aliphatic heterocycles. The van der Waals surface area contributed by atoms with Crippen LogP contribution >= 0.6 is 23.5 Å². The standard InChI is InChI=1S/C17H30N4O7S2/c1-9(14(24)21-12(17(27)28)8-13(22)23)19-16(26)11(5-7-30-3)20-15(25)10(18)4-6-29-2/h9-12H,4-8,18H2,1-3H3,(H,19,26)(H,20,25)(H,21,24)(H,22,23)(H,27,28)/t9-,10-,11-,12-/m0/s1. The molecule has 0 saturated heterocycles. The molecule has 13 heteroatoms. The number of amides is 3. The lowest BCUT2D eigenvalue weighted by atomic mass is 10.1. The van der Waals surface area contributed by atoms with E-state index in [1.165, 1.54) is 18.7 Å². The highest BCUT2D eigenvalue weighted by Gasteiger charge is 2.29. The monoisotopic (exact) mass is 466 g/mol. The van der Waals surface area contributed by atoms with E-state index in [0.717, 1.165) is 0 Å². The summed E-state index contributed by atoms with van der Waals surface area (Å²) in [4.78, 5) is 58.8. The highest BCUT2D eigenvalue weighted by atomic mass is 32.2. The zero-order valence-electron chi connectivity index (χ0n) is 17.2. The number of carboxylic acids is 2. The van der Waals surface area contributed by atoms with Gasteiger partial charge in [0, 0.05) is 0 Å². The minimum Gasteiger partial charge on any atom is -0.481 e. The van der Waals surface area contributed by atoms with E-state index in [0.29, 0.717) is 24.3 Å². The van der Waals surface area contributed by atoms with Crippen molar-refractivity contribution in [3.8, 4) is 0 Å². The molecule has 0 aromatic rings. The molecule has 0 aromatic carbocycles. The van der Waals surface area contributed by atoms with Crippen molar-refractivity contribution in [1.29, 1.82) is 0 Å². The molecule has 0 aliphatic rings. The predicted octanol–water partition coefficient (Wildman–Crippen LogP) is -1.15. The number of rotatable bonds is 15. The number of hydrogen-bond acceptors (Lipinski definition) is 8. The van der Waals surface area contributed by atoms with E-state index < -0.39 is 60.2 Å². The lowest BCUT2D eigenvalue weighted by molar-refractivity contribution is -0.147. The van der Waals surface area contributed by atoms with E-state index in [2.05, 4.69) is 16.0 Å². The fourth-order valence-electron chi connectivity index (χ4n) is 2.21. The van der Waals surface area contributed by atoms with Crippen LogP contribution in [0, 0.1) is 0 Å². The third-order valence-electron chi connectivity index (χ3n) is 3.96. The maximum absolute atomic E-state index is 12.6. The van der Waals surface area contributed by atoms with Crippen LogP contribution < -0.4 is 21.7 Å². The number of hydrogen-bond donors (Lipinski definition) is 6. The molecule has 172 valence electrons. The van der Waals surface area contributed by atoms with Crippen LogP contribution in [0.25, 0.3) is 0 Å². The van der Waals surface area contributed by atoms with Crippen LogP contribution in [-0.4, -0.2) is 88.1 Å². The molecule has 0 rings (SSSR count). The molecule has 0 aliphatic carbocycles. The summed E-state index contributed by atoms with van der Waals surface area (Å²) in [5.74, 6) is -3.60. The Kier molecular flexibility index (Phi) is 13.9. The summed E-state index contributed by atoms with van der Waals surface area (Å²) in [6.07, 6.45) is 3.67. The number of aliphatic carboxylic acids is 2. The van der Waals surface area contributed by atoms with Gasteiger partial charge in [0.2, 0.25) is 17.7 Å². The van der Waals surface area contributed by atoms with E-state index in [9.17, 15) is 24.0 Å². The highest BCUT2D eigenvalue weighted by molar-refractivity contribution is 7.98. The summed E-state index contributed by atoms with van der Waals surface area (Å²) >= 11 is 3.02. The van der Waals surface area contributed by atoms with Crippen LogP contribution in [0.5, 0.6) is 0 Å². The SMILES string of the molecule is CSCC[C@H](NC(=O)[C@@H](N)CCSC)C(=O)N[C@@H](C)C(=O)N[C@@H](CC(=O)O)C(=O)O. The Morgan fingerprint density at radius 2 is 1.37 bits per heavy atom. The van der Waals surface area contributed by atoms with Crippen molar-refractivity contribution in [2.75, 3.05) is 24.0 Å². The number of carboxylic acid groups (broad SMARTS) is 2. The quantitative estimate of drug-likeness (QED) is 0.172. The molecular formula is C17H30N4O7S2. The average Bonchev–Trinajstić information content (AvgIpc) is 2.67. The molecule has 3 amide bonds. The van der Waals surface area contributed by atoms with Crippen LogP contribution in [0.15, 0.2) is 0 Å². The van der Waals surface area contributed by atoms with E-state index >= 15 is 0 Å².